The number of aromatic nitrogens is 3. The van der Waals surface area contributed by atoms with Gasteiger partial charge in [-0.15, -0.1) is 11.3 Å². The smallest absolute Gasteiger partial charge is 0.116 e. The summed E-state index contributed by atoms with van der Waals surface area (Å²) in [6.07, 6.45) is 1.63. The number of fused-ring (bicyclic) bond motifs is 6. The lowest BCUT2D eigenvalue weighted by Gasteiger charge is -2.11. The minimum absolute atomic E-state index is 0.0257. The van der Waals surface area contributed by atoms with E-state index in [9.17, 15) is 0 Å². The van der Waals surface area contributed by atoms with E-state index >= 15 is 0 Å². The van der Waals surface area contributed by atoms with Gasteiger partial charge in [0.1, 0.15) is 6.33 Å². The number of thiophene rings is 1. The second-order valence-electron chi connectivity index (χ2n) is 9.21. The molecule has 178 valence electrons. The lowest BCUT2D eigenvalue weighted by atomic mass is 10.0. The van der Waals surface area contributed by atoms with E-state index in [2.05, 4.69) is 47.4 Å². The summed E-state index contributed by atoms with van der Waals surface area (Å²) in [4.78, 5) is 9.28. The Morgan fingerprint density at radius 2 is 1.39 bits per heavy atom. The molecule has 4 heteroatoms. The molecule has 0 aliphatic heterocycles. The van der Waals surface area contributed by atoms with Gasteiger partial charge >= 0.3 is 0 Å². The van der Waals surface area contributed by atoms with Crippen molar-refractivity contribution in [3.8, 4) is 28.1 Å². The van der Waals surface area contributed by atoms with E-state index in [1.165, 1.54) is 4.70 Å². The minimum Gasteiger partial charge on any atom is -0.309 e. The molecule has 0 aliphatic carbocycles. The zero-order chi connectivity index (χ0) is 28.5. The average molecular weight is 508 g/mol. The summed E-state index contributed by atoms with van der Waals surface area (Å²) in [6, 6.07) is 31.9. The molecule has 0 atom stereocenters. The van der Waals surface area contributed by atoms with Gasteiger partial charge in [-0.05, 0) is 47.5 Å². The molecular weight excluding hydrogens is 482 g/mol. The fraction of sp³-hybridized carbons (Fsp3) is 0. The van der Waals surface area contributed by atoms with E-state index < -0.39 is 0 Å². The first-order valence-corrected chi connectivity index (χ1v) is 13.2. The van der Waals surface area contributed by atoms with Gasteiger partial charge in [0.25, 0.3) is 0 Å². The van der Waals surface area contributed by atoms with Crippen molar-refractivity contribution in [2.24, 2.45) is 0 Å². The van der Waals surface area contributed by atoms with Gasteiger partial charge in [-0.25, -0.2) is 9.97 Å². The molecule has 5 aromatic carbocycles. The molecule has 3 heterocycles. The topological polar surface area (TPSA) is 30.7 Å². The van der Waals surface area contributed by atoms with Gasteiger partial charge < -0.3 is 4.57 Å². The van der Waals surface area contributed by atoms with Crippen LogP contribution in [0, 0.1) is 0 Å². The summed E-state index contributed by atoms with van der Waals surface area (Å²) in [5.74, 6) is 0. The maximum Gasteiger partial charge on any atom is 0.116 e. The Morgan fingerprint density at radius 1 is 0.632 bits per heavy atom. The highest BCUT2D eigenvalue weighted by molar-refractivity contribution is 7.26. The molecule has 0 spiro atoms. The van der Waals surface area contributed by atoms with Gasteiger partial charge in [-0.3, -0.25) is 0 Å². The molecule has 0 amide bonds. The van der Waals surface area contributed by atoms with Crippen LogP contribution in [0.4, 0.5) is 0 Å². The number of hydrogen-bond acceptors (Lipinski definition) is 3. The predicted octanol–water partition coefficient (Wildman–Crippen LogP) is 9.28. The third-order valence-corrected chi connectivity index (χ3v) is 8.20. The molecule has 0 radical (unpaired) electrons. The average Bonchev–Trinajstić information content (AvgIpc) is 3.59. The van der Waals surface area contributed by atoms with Crippen molar-refractivity contribution in [2.75, 3.05) is 0 Å². The Bertz CT molecular complexity index is 2370. The van der Waals surface area contributed by atoms with Crippen molar-refractivity contribution >= 4 is 53.4 Å². The molecule has 0 unspecified atom stereocenters. The molecule has 0 fully saturated rings. The third kappa shape index (κ3) is 3.21. The number of nitrogens with zero attached hydrogens (tertiary/aromatic N) is 3. The maximum absolute atomic E-state index is 8.77. The van der Waals surface area contributed by atoms with E-state index in [1.807, 2.05) is 59.2 Å². The molecule has 38 heavy (non-hydrogen) atoms. The Balaban J connectivity index is 1.32. The molecule has 0 saturated heterocycles. The first-order valence-electron chi connectivity index (χ1n) is 14.3. The lowest BCUT2D eigenvalue weighted by molar-refractivity contribution is 1.18. The summed E-state index contributed by atoms with van der Waals surface area (Å²) in [7, 11) is 0. The molecule has 3 nitrogen and oxygen atoms in total. The van der Waals surface area contributed by atoms with Crippen molar-refractivity contribution in [3.63, 3.8) is 0 Å². The van der Waals surface area contributed by atoms with Crippen LogP contribution in [0.2, 0.25) is 0 Å². The molecule has 8 rings (SSSR count). The van der Waals surface area contributed by atoms with E-state index in [-0.39, 0.29) is 24.2 Å². The van der Waals surface area contributed by atoms with Gasteiger partial charge in [0, 0.05) is 32.1 Å². The van der Waals surface area contributed by atoms with Crippen LogP contribution in [0.3, 0.4) is 0 Å². The molecular formula is C34H21N3S. The zero-order valence-electron chi connectivity index (χ0n) is 24.1. The lowest BCUT2D eigenvalue weighted by Crippen LogP contribution is -1.94. The van der Waals surface area contributed by atoms with Crippen molar-refractivity contribution < 1.29 is 5.48 Å². The number of para-hydroxylation sites is 2. The molecule has 0 aliphatic rings. The van der Waals surface area contributed by atoms with Crippen LogP contribution in [0.25, 0.3) is 70.2 Å². The van der Waals surface area contributed by atoms with Crippen molar-refractivity contribution in [1.82, 2.24) is 14.5 Å². The Kier molecular flexibility index (Phi) is 3.88. The second kappa shape index (κ2) is 8.37. The van der Waals surface area contributed by atoms with E-state index in [1.54, 1.807) is 17.7 Å². The molecule has 0 N–H and O–H groups in total. The van der Waals surface area contributed by atoms with Gasteiger partial charge in [-0.2, -0.15) is 0 Å². The largest absolute Gasteiger partial charge is 0.309 e. The highest BCUT2D eigenvalue weighted by Gasteiger charge is 2.14. The summed E-state index contributed by atoms with van der Waals surface area (Å²) < 4.78 is 38.2. The summed E-state index contributed by atoms with van der Waals surface area (Å²) in [6.45, 7) is 0. The summed E-state index contributed by atoms with van der Waals surface area (Å²) in [5.41, 5.74) is 7.00. The predicted molar refractivity (Wildman–Crippen MR) is 160 cm³/mol. The molecule has 8 aromatic rings. The van der Waals surface area contributed by atoms with Crippen LogP contribution < -0.4 is 0 Å². The van der Waals surface area contributed by atoms with Gasteiger partial charge in [0.2, 0.25) is 0 Å². The number of hydrogen-bond donors (Lipinski definition) is 0. The second-order valence-corrected chi connectivity index (χ2v) is 10.3. The third-order valence-electron chi connectivity index (χ3n) is 7.04. The Hall–Kier alpha value is -4.80. The molecule has 3 aromatic heterocycles. The summed E-state index contributed by atoms with van der Waals surface area (Å²) >= 11 is 1.70. The highest BCUT2D eigenvalue weighted by atomic mass is 32.1. The van der Waals surface area contributed by atoms with Gasteiger partial charge in [0.05, 0.1) is 32.4 Å². The van der Waals surface area contributed by atoms with Crippen LogP contribution in [0.1, 0.15) is 5.48 Å². The SMILES string of the molecule is [2H]c1c([2H])c([2H])c2c(c1[2H])c1ccccc1n2-c1cccc(-c2cccc(-c3ncnc4c3sc3ccccc34)c2)c1. The van der Waals surface area contributed by atoms with Crippen LogP contribution in [-0.2, 0) is 0 Å². The zero-order valence-corrected chi connectivity index (χ0v) is 20.9. The van der Waals surface area contributed by atoms with E-state index in [0.29, 0.717) is 10.9 Å². The van der Waals surface area contributed by atoms with Crippen LogP contribution in [-0.4, -0.2) is 14.5 Å². The van der Waals surface area contributed by atoms with Crippen molar-refractivity contribution in [3.05, 3.63) is 128 Å². The normalized spacial score (nSPS) is 13.2. The fourth-order valence-electron chi connectivity index (χ4n) is 5.34. The van der Waals surface area contributed by atoms with E-state index in [0.717, 1.165) is 54.6 Å². The van der Waals surface area contributed by atoms with Crippen LogP contribution in [0.5, 0.6) is 0 Å². The van der Waals surface area contributed by atoms with Crippen molar-refractivity contribution in [1.29, 1.82) is 0 Å². The number of rotatable bonds is 3. The standard InChI is InChI=1S/C34H21N3S/c1-4-16-29-26(13-1)27-14-2-5-17-30(27)37(29)25-12-8-10-23(20-25)22-9-7-11-24(19-22)32-34-33(36-21-35-32)28-15-3-6-18-31(28)38-34/h1-21H/i1D,4D,13D,16D. The van der Waals surface area contributed by atoms with Crippen LogP contribution in [0.15, 0.2) is 128 Å². The molecule has 0 bridgehead atoms. The first-order chi connectivity index (χ1) is 20.5. The Labute approximate surface area is 228 Å². The van der Waals surface area contributed by atoms with Crippen molar-refractivity contribution in [2.45, 2.75) is 0 Å². The minimum atomic E-state index is -0.238. The van der Waals surface area contributed by atoms with E-state index in [4.69, 9.17) is 10.5 Å². The van der Waals surface area contributed by atoms with Gasteiger partial charge in [-0.1, -0.05) is 84.9 Å². The summed E-state index contributed by atoms with van der Waals surface area (Å²) in [5, 5.41) is 2.46. The van der Waals surface area contributed by atoms with Gasteiger partial charge in [0.15, 0.2) is 0 Å². The molecule has 0 saturated carbocycles. The number of benzene rings is 5. The quantitative estimate of drug-likeness (QED) is 0.239. The maximum atomic E-state index is 8.77. The monoisotopic (exact) mass is 507 g/mol. The Morgan fingerprint density at radius 3 is 2.34 bits per heavy atom. The fourth-order valence-corrected chi connectivity index (χ4v) is 6.50. The van der Waals surface area contributed by atoms with Crippen LogP contribution >= 0.6 is 11.3 Å². The highest BCUT2D eigenvalue weighted by Crippen LogP contribution is 2.38. The first kappa shape index (κ1) is 17.6.